The van der Waals surface area contributed by atoms with E-state index >= 15 is 0 Å². The highest BCUT2D eigenvalue weighted by atomic mass is 16.5. The number of rotatable bonds is 7. The molecule has 0 unspecified atom stereocenters. The quantitative estimate of drug-likeness (QED) is 0.772. The van der Waals surface area contributed by atoms with Gasteiger partial charge in [-0.2, -0.15) is 0 Å². The van der Waals surface area contributed by atoms with Crippen molar-refractivity contribution >= 4 is 5.91 Å². The summed E-state index contributed by atoms with van der Waals surface area (Å²) in [4.78, 5) is 11.6. The first-order chi connectivity index (χ1) is 8.56. The van der Waals surface area contributed by atoms with E-state index < -0.39 is 6.10 Å². The average Bonchev–Trinajstić information content (AvgIpc) is 2.73. The molecule has 1 aromatic heterocycles. The van der Waals surface area contributed by atoms with Crippen LogP contribution in [0.4, 0.5) is 0 Å². The molecular formula is C13H22N2O3. The van der Waals surface area contributed by atoms with Crippen LogP contribution in [0.3, 0.4) is 0 Å². The zero-order chi connectivity index (χ0) is 13.5. The number of nitrogens with zero attached hydrogens (tertiary/aromatic N) is 1. The Balaban J connectivity index is 2.32. The molecule has 0 aliphatic carbocycles. The van der Waals surface area contributed by atoms with E-state index in [0.717, 1.165) is 12.8 Å². The summed E-state index contributed by atoms with van der Waals surface area (Å²) in [5, 5.41) is 16.3. The molecule has 0 spiro atoms. The van der Waals surface area contributed by atoms with Gasteiger partial charge in [0.25, 0.3) is 0 Å². The van der Waals surface area contributed by atoms with Crippen molar-refractivity contribution < 1.29 is 14.4 Å². The summed E-state index contributed by atoms with van der Waals surface area (Å²) in [6, 6.07) is 1.73. The molecule has 1 amide bonds. The van der Waals surface area contributed by atoms with Gasteiger partial charge in [0.2, 0.25) is 5.91 Å². The highest BCUT2D eigenvalue weighted by molar-refractivity contribution is 5.78. The lowest BCUT2D eigenvalue weighted by Gasteiger charge is -2.20. The van der Waals surface area contributed by atoms with Gasteiger partial charge < -0.3 is 14.9 Å². The number of amides is 1. The number of aliphatic hydroxyl groups is 1. The summed E-state index contributed by atoms with van der Waals surface area (Å²) in [5.74, 6) is 0.780. The maximum atomic E-state index is 11.6. The lowest BCUT2D eigenvalue weighted by Crippen LogP contribution is -2.36. The van der Waals surface area contributed by atoms with Crippen molar-refractivity contribution in [3.63, 3.8) is 0 Å². The van der Waals surface area contributed by atoms with Gasteiger partial charge in [0.1, 0.15) is 5.76 Å². The lowest BCUT2D eigenvalue weighted by molar-refractivity contribution is -0.121. The van der Waals surface area contributed by atoms with Crippen LogP contribution in [0.2, 0.25) is 0 Å². The Hall–Kier alpha value is -1.36. The van der Waals surface area contributed by atoms with Crippen molar-refractivity contribution in [2.24, 2.45) is 5.92 Å². The molecule has 0 aliphatic rings. The second kappa shape index (κ2) is 7.16. The number of hydrogen-bond acceptors (Lipinski definition) is 4. The van der Waals surface area contributed by atoms with Crippen LogP contribution in [0.1, 0.15) is 38.1 Å². The largest absolute Gasteiger partial charge is 0.391 e. The number of nitrogens with one attached hydrogen (secondary N) is 1. The zero-order valence-electron chi connectivity index (χ0n) is 11.3. The summed E-state index contributed by atoms with van der Waals surface area (Å²) in [5.41, 5.74) is 0.613. The smallest absolute Gasteiger partial charge is 0.226 e. The molecule has 0 radical (unpaired) electrons. The number of hydrogen-bond donors (Lipinski definition) is 2. The van der Waals surface area contributed by atoms with Crippen molar-refractivity contribution in [2.45, 2.75) is 46.1 Å². The normalized spacial score (nSPS) is 12.7. The second-order valence-electron chi connectivity index (χ2n) is 4.55. The molecule has 5 nitrogen and oxygen atoms in total. The molecule has 0 bridgehead atoms. The molecule has 5 heteroatoms. The van der Waals surface area contributed by atoms with Crippen LogP contribution in [0.5, 0.6) is 0 Å². The van der Waals surface area contributed by atoms with E-state index in [-0.39, 0.29) is 18.2 Å². The first-order valence-corrected chi connectivity index (χ1v) is 6.43. The predicted molar refractivity (Wildman–Crippen MR) is 68.0 cm³/mol. The number of aliphatic hydroxyl groups excluding tert-OH is 1. The number of carbonyl (C=O) groups excluding carboxylic acids is 1. The number of carbonyl (C=O) groups is 1. The Labute approximate surface area is 108 Å². The lowest BCUT2D eigenvalue weighted by atomic mass is 9.96. The van der Waals surface area contributed by atoms with Crippen LogP contribution in [0, 0.1) is 12.8 Å². The van der Waals surface area contributed by atoms with E-state index in [1.54, 1.807) is 13.0 Å². The first kappa shape index (κ1) is 14.7. The van der Waals surface area contributed by atoms with E-state index in [1.165, 1.54) is 0 Å². The monoisotopic (exact) mass is 254 g/mol. The van der Waals surface area contributed by atoms with Crippen LogP contribution >= 0.6 is 0 Å². The van der Waals surface area contributed by atoms with E-state index in [9.17, 15) is 9.90 Å². The molecule has 2 N–H and O–H groups in total. The number of aromatic nitrogens is 1. The van der Waals surface area contributed by atoms with Gasteiger partial charge in [-0.1, -0.05) is 31.8 Å². The Kier molecular flexibility index (Phi) is 5.85. The zero-order valence-corrected chi connectivity index (χ0v) is 11.3. The standard InChI is InChI=1S/C13H22N2O3/c1-4-10(5-2)12(16)8-14-13(17)7-11-6-9(3)18-15-11/h6,10,12,16H,4-5,7-8H2,1-3H3,(H,14,17)/t12-/m0/s1. The fourth-order valence-electron chi connectivity index (χ4n) is 1.95. The fraction of sp³-hybridized carbons (Fsp3) is 0.692. The summed E-state index contributed by atoms with van der Waals surface area (Å²) in [6.45, 7) is 6.15. The van der Waals surface area contributed by atoms with E-state index in [0.29, 0.717) is 18.0 Å². The predicted octanol–water partition coefficient (Wildman–Crippen LogP) is 1.44. The third-order valence-corrected chi connectivity index (χ3v) is 3.12. The molecule has 0 saturated carbocycles. The fourth-order valence-corrected chi connectivity index (χ4v) is 1.95. The van der Waals surface area contributed by atoms with Crippen molar-refractivity contribution in [1.82, 2.24) is 10.5 Å². The molecule has 1 atom stereocenters. The molecule has 0 aromatic carbocycles. The maximum Gasteiger partial charge on any atom is 0.226 e. The van der Waals surface area contributed by atoms with E-state index in [1.807, 2.05) is 13.8 Å². The van der Waals surface area contributed by atoms with Gasteiger partial charge >= 0.3 is 0 Å². The van der Waals surface area contributed by atoms with Crippen LogP contribution in [-0.4, -0.2) is 28.8 Å². The molecule has 1 rings (SSSR count). The highest BCUT2D eigenvalue weighted by Crippen LogP contribution is 2.12. The van der Waals surface area contributed by atoms with Gasteiger partial charge in [-0.15, -0.1) is 0 Å². The average molecular weight is 254 g/mol. The minimum Gasteiger partial charge on any atom is -0.391 e. The van der Waals surface area contributed by atoms with Gasteiger partial charge in [-0.3, -0.25) is 4.79 Å². The van der Waals surface area contributed by atoms with Crippen LogP contribution in [0.25, 0.3) is 0 Å². The molecule has 0 saturated heterocycles. The molecule has 102 valence electrons. The van der Waals surface area contributed by atoms with Crippen molar-refractivity contribution in [3.05, 3.63) is 17.5 Å². The van der Waals surface area contributed by atoms with Gasteiger partial charge in [-0.25, -0.2) is 0 Å². The Morgan fingerprint density at radius 3 is 2.67 bits per heavy atom. The Bertz CT molecular complexity index is 372. The third-order valence-electron chi connectivity index (χ3n) is 3.12. The van der Waals surface area contributed by atoms with Crippen LogP contribution < -0.4 is 5.32 Å². The highest BCUT2D eigenvalue weighted by Gasteiger charge is 2.16. The first-order valence-electron chi connectivity index (χ1n) is 6.43. The van der Waals surface area contributed by atoms with Gasteiger partial charge in [0, 0.05) is 12.6 Å². The topological polar surface area (TPSA) is 75.4 Å². The third kappa shape index (κ3) is 4.49. The summed E-state index contributed by atoms with van der Waals surface area (Å²) >= 11 is 0. The maximum absolute atomic E-state index is 11.6. The second-order valence-corrected chi connectivity index (χ2v) is 4.55. The van der Waals surface area contributed by atoms with E-state index in [4.69, 9.17) is 4.52 Å². The van der Waals surface area contributed by atoms with Crippen molar-refractivity contribution in [3.8, 4) is 0 Å². The summed E-state index contributed by atoms with van der Waals surface area (Å²) < 4.78 is 4.88. The number of aryl methyl sites for hydroxylation is 1. The molecule has 18 heavy (non-hydrogen) atoms. The SMILES string of the molecule is CCC(CC)[C@@H](O)CNC(=O)Cc1cc(C)on1. The molecule has 0 fully saturated rings. The van der Waals surface area contributed by atoms with E-state index in [2.05, 4.69) is 10.5 Å². The minimum atomic E-state index is -0.483. The summed E-state index contributed by atoms with van der Waals surface area (Å²) in [7, 11) is 0. The minimum absolute atomic E-state index is 0.145. The molecule has 1 heterocycles. The van der Waals surface area contributed by atoms with Gasteiger partial charge in [0.15, 0.2) is 0 Å². The Morgan fingerprint density at radius 1 is 1.50 bits per heavy atom. The molecule has 0 aliphatic heterocycles. The molecular weight excluding hydrogens is 232 g/mol. The van der Waals surface area contributed by atoms with Crippen LogP contribution in [-0.2, 0) is 11.2 Å². The Morgan fingerprint density at radius 2 is 2.17 bits per heavy atom. The van der Waals surface area contributed by atoms with Gasteiger partial charge in [-0.05, 0) is 12.8 Å². The van der Waals surface area contributed by atoms with Gasteiger partial charge in [0.05, 0.1) is 18.2 Å². The van der Waals surface area contributed by atoms with Crippen LogP contribution in [0.15, 0.2) is 10.6 Å². The van der Waals surface area contributed by atoms with Crippen molar-refractivity contribution in [2.75, 3.05) is 6.54 Å². The molecule has 1 aromatic rings. The summed E-state index contributed by atoms with van der Waals surface area (Å²) in [6.07, 6.45) is 1.53. The van der Waals surface area contributed by atoms with Crippen molar-refractivity contribution in [1.29, 1.82) is 0 Å².